The van der Waals surface area contributed by atoms with Gasteiger partial charge in [-0.1, -0.05) is 0 Å². The first-order valence-electron chi connectivity index (χ1n) is 12.1. The highest BCUT2D eigenvalue weighted by atomic mass is 16.1. The van der Waals surface area contributed by atoms with Gasteiger partial charge in [-0.3, -0.25) is 4.79 Å². The third kappa shape index (κ3) is 1.97. The lowest BCUT2D eigenvalue weighted by Gasteiger charge is -2.60. The quantitative estimate of drug-likeness (QED) is 0.594. The largest absolute Gasteiger partial charge is 0.299 e. The van der Waals surface area contributed by atoms with Crippen LogP contribution < -0.4 is 0 Å². The average Bonchev–Trinajstić information content (AvgIpc) is 2.95. The molecule has 1 nitrogen and oxygen atoms in total. The SMILES string of the molecule is O=C1[C@H](C23CC4CC(CC(C4)C2)C3)CC[C@H]1C12CC3CC(CC(C3)C1)C2. The Morgan fingerprint density at radius 2 is 0.769 bits per heavy atom. The Bertz CT molecular complexity index is 520. The van der Waals surface area contributed by atoms with Gasteiger partial charge >= 0.3 is 0 Å². The van der Waals surface area contributed by atoms with E-state index in [1.165, 1.54) is 89.9 Å². The Kier molecular flexibility index (Phi) is 2.98. The van der Waals surface area contributed by atoms with Crippen LogP contribution in [0.15, 0.2) is 0 Å². The standard InChI is InChI=1S/C25H36O/c26-23-21(24-9-15-3-16(10-24)5-17(4-15)11-24)1-2-22(23)25-12-18-6-19(13-25)8-20(7-18)14-25/h15-22H,1-14H2/t15?,16?,17?,18?,19?,20?,21-,22-,24?,25?/m1/s1. The van der Waals surface area contributed by atoms with Crippen molar-refractivity contribution < 1.29 is 4.79 Å². The molecule has 9 saturated carbocycles. The monoisotopic (exact) mass is 352 g/mol. The summed E-state index contributed by atoms with van der Waals surface area (Å²) < 4.78 is 0. The molecule has 0 unspecified atom stereocenters. The zero-order valence-electron chi connectivity index (χ0n) is 16.4. The molecule has 9 aliphatic carbocycles. The second-order valence-corrected chi connectivity index (χ2v) is 12.6. The molecule has 9 rings (SSSR count). The molecule has 9 fully saturated rings. The molecule has 26 heavy (non-hydrogen) atoms. The normalized spacial score (nSPS) is 62.4. The predicted molar refractivity (Wildman–Crippen MR) is 102 cm³/mol. The van der Waals surface area contributed by atoms with Crippen molar-refractivity contribution in [2.45, 2.75) is 89.9 Å². The van der Waals surface area contributed by atoms with E-state index in [1.54, 1.807) is 0 Å². The van der Waals surface area contributed by atoms with E-state index in [0.29, 0.717) is 22.7 Å². The van der Waals surface area contributed by atoms with Crippen LogP contribution in [0.5, 0.6) is 0 Å². The van der Waals surface area contributed by atoms with Gasteiger partial charge in [-0.25, -0.2) is 0 Å². The minimum atomic E-state index is 0.475. The van der Waals surface area contributed by atoms with E-state index >= 15 is 0 Å². The molecule has 0 aromatic rings. The fourth-order valence-corrected chi connectivity index (χ4v) is 11.3. The number of hydrogen-bond acceptors (Lipinski definition) is 1. The summed E-state index contributed by atoms with van der Waals surface area (Å²) in [6.45, 7) is 0. The van der Waals surface area contributed by atoms with Gasteiger partial charge in [0, 0.05) is 11.8 Å². The highest BCUT2D eigenvalue weighted by Gasteiger charge is 2.62. The summed E-state index contributed by atoms with van der Waals surface area (Å²) >= 11 is 0. The van der Waals surface area contributed by atoms with Crippen LogP contribution in [0.2, 0.25) is 0 Å². The molecule has 0 N–H and O–H groups in total. The summed E-state index contributed by atoms with van der Waals surface area (Å²) in [7, 11) is 0. The molecule has 0 aromatic heterocycles. The molecule has 0 radical (unpaired) electrons. The molecule has 0 aromatic carbocycles. The van der Waals surface area contributed by atoms with E-state index in [4.69, 9.17) is 0 Å². The Hall–Kier alpha value is -0.330. The maximum absolute atomic E-state index is 13.9. The smallest absolute Gasteiger partial charge is 0.140 e. The summed E-state index contributed by atoms with van der Waals surface area (Å²) in [6, 6.07) is 0. The van der Waals surface area contributed by atoms with Crippen molar-refractivity contribution in [3.8, 4) is 0 Å². The van der Waals surface area contributed by atoms with Crippen molar-refractivity contribution in [2.75, 3.05) is 0 Å². The van der Waals surface area contributed by atoms with Crippen LogP contribution in [0.25, 0.3) is 0 Å². The van der Waals surface area contributed by atoms with Gasteiger partial charge in [0.15, 0.2) is 0 Å². The first-order valence-corrected chi connectivity index (χ1v) is 12.1. The lowest BCUT2D eigenvalue weighted by Crippen LogP contribution is -2.53. The van der Waals surface area contributed by atoms with Crippen molar-refractivity contribution in [3.05, 3.63) is 0 Å². The summed E-state index contributed by atoms with van der Waals surface area (Å²) in [5.74, 6) is 7.72. The molecule has 0 aliphatic heterocycles. The van der Waals surface area contributed by atoms with Crippen LogP contribution >= 0.6 is 0 Å². The topological polar surface area (TPSA) is 17.1 Å². The van der Waals surface area contributed by atoms with E-state index in [9.17, 15) is 4.79 Å². The lowest BCUT2D eigenvalue weighted by molar-refractivity contribution is -0.148. The van der Waals surface area contributed by atoms with E-state index in [2.05, 4.69) is 0 Å². The van der Waals surface area contributed by atoms with Crippen LogP contribution in [0.4, 0.5) is 0 Å². The first-order chi connectivity index (χ1) is 12.6. The second kappa shape index (κ2) is 4.98. The van der Waals surface area contributed by atoms with Crippen LogP contribution in [0.1, 0.15) is 89.9 Å². The zero-order chi connectivity index (χ0) is 17.1. The second-order valence-electron chi connectivity index (χ2n) is 12.6. The summed E-state index contributed by atoms with van der Waals surface area (Å²) in [4.78, 5) is 13.9. The summed E-state index contributed by atoms with van der Waals surface area (Å²) in [6.07, 6.45) is 20.2. The molecule has 0 saturated heterocycles. The van der Waals surface area contributed by atoms with Crippen molar-refractivity contribution >= 4 is 5.78 Å². The van der Waals surface area contributed by atoms with Crippen LogP contribution in [0.3, 0.4) is 0 Å². The molecule has 142 valence electrons. The number of carbonyl (C=O) groups excluding carboxylic acids is 1. The Balaban J connectivity index is 1.19. The van der Waals surface area contributed by atoms with E-state index in [0.717, 1.165) is 41.3 Å². The van der Waals surface area contributed by atoms with E-state index < -0.39 is 0 Å². The minimum Gasteiger partial charge on any atom is -0.299 e. The third-order valence-electron chi connectivity index (χ3n) is 11.1. The van der Waals surface area contributed by atoms with Crippen molar-refractivity contribution in [3.63, 3.8) is 0 Å². The van der Waals surface area contributed by atoms with Crippen LogP contribution in [-0.4, -0.2) is 5.78 Å². The zero-order valence-corrected chi connectivity index (χ0v) is 16.4. The Labute approximate surface area is 159 Å². The van der Waals surface area contributed by atoms with Gasteiger partial charge in [-0.2, -0.15) is 0 Å². The first kappa shape index (κ1) is 15.6. The third-order valence-corrected chi connectivity index (χ3v) is 11.1. The van der Waals surface area contributed by atoms with Gasteiger partial charge in [-0.15, -0.1) is 0 Å². The molecule has 0 spiro atoms. The van der Waals surface area contributed by atoms with Gasteiger partial charge in [0.1, 0.15) is 5.78 Å². The maximum Gasteiger partial charge on any atom is 0.140 e. The van der Waals surface area contributed by atoms with Crippen LogP contribution in [0, 0.1) is 58.2 Å². The summed E-state index contributed by atoms with van der Waals surface area (Å²) in [5, 5.41) is 0. The lowest BCUT2D eigenvalue weighted by atomic mass is 9.44. The molecular formula is C25H36O. The van der Waals surface area contributed by atoms with Crippen molar-refractivity contribution in [2.24, 2.45) is 58.2 Å². The maximum atomic E-state index is 13.9. The highest BCUT2D eigenvalue weighted by molar-refractivity contribution is 5.87. The van der Waals surface area contributed by atoms with Gasteiger partial charge in [0.2, 0.25) is 0 Å². The fraction of sp³-hybridized carbons (Fsp3) is 0.960. The average molecular weight is 353 g/mol. The molecule has 1 heteroatoms. The molecule has 9 aliphatic rings. The number of carbonyl (C=O) groups is 1. The number of hydrogen-bond donors (Lipinski definition) is 0. The Morgan fingerprint density at radius 1 is 0.500 bits per heavy atom. The number of ketones is 1. The number of rotatable bonds is 2. The molecule has 8 bridgehead atoms. The fourth-order valence-electron chi connectivity index (χ4n) is 11.3. The predicted octanol–water partition coefficient (Wildman–Crippen LogP) is 6.01. The van der Waals surface area contributed by atoms with E-state index in [1.807, 2.05) is 0 Å². The van der Waals surface area contributed by atoms with Gasteiger partial charge in [0.05, 0.1) is 0 Å². The Morgan fingerprint density at radius 3 is 1.04 bits per heavy atom. The van der Waals surface area contributed by atoms with Crippen LogP contribution in [-0.2, 0) is 4.79 Å². The number of Topliss-reactive ketones (excluding diaryl/α,β-unsaturated/α-hetero) is 1. The van der Waals surface area contributed by atoms with E-state index in [-0.39, 0.29) is 0 Å². The van der Waals surface area contributed by atoms with Crippen molar-refractivity contribution in [1.29, 1.82) is 0 Å². The molecular weight excluding hydrogens is 316 g/mol. The highest BCUT2D eigenvalue weighted by Crippen LogP contribution is 2.68. The molecule has 2 atom stereocenters. The van der Waals surface area contributed by atoms with Crippen molar-refractivity contribution in [1.82, 2.24) is 0 Å². The minimum absolute atomic E-state index is 0.475. The van der Waals surface area contributed by atoms with Gasteiger partial charge < -0.3 is 0 Å². The van der Waals surface area contributed by atoms with Gasteiger partial charge in [-0.05, 0) is 136 Å². The van der Waals surface area contributed by atoms with Gasteiger partial charge in [0.25, 0.3) is 0 Å². The molecule has 0 heterocycles. The summed E-state index contributed by atoms with van der Waals surface area (Å²) in [5.41, 5.74) is 0.950. The molecule has 0 amide bonds.